The van der Waals surface area contributed by atoms with Crippen molar-refractivity contribution in [2.75, 3.05) is 24.1 Å². The van der Waals surface area contributed by atoms with Crippen molar-refractivity contribution in [1.29, 1.82) is 0 Å². The van der Waals surface area contributed by atoms with Crippen LogP contribution in [0.1, 0.15) is 55.8 Å². The Balaban J connectivity index is 0.00000108. The van der Waals surface area contributed by atoms with E-state index in [-0.39, 0.29) is 0 Å². The molecule has 1 aliphatic carbocycles. The van der Waals surface area contributed by atoms with Gasteiger partial charge in [-0.2, -0.15) is 0 Å². The molecule has 1 fully saturated rings. The van der Waals surface area contributed by atoms with Crippen LogP contribution >= 0.6 is 23.5 Å². The second kappa shape index (κ2) is 14.7. The van der Waals surface area contributed by atoms with E-state index in [4.69, 9.17) is 16.6 Å². The Morgan fingerprint density at radius 1 is 1.03 bits per heavy atom. The van der Waals surface area contributed by atoms with Crippen molar-refractivity contribution in [2.24, 2.45) is 0 Å². The Morgan fingerprint density at radius 2 is 1.77 bits per heavy atom. The van der Waals surface area contributed by atoms with Crippen molar-refractivity contribution < 1.29 is 0 Å². The highest BCUT2D eigenvalue weighted by Crippen LogP contribution is 2.27. The molecule has 3 N–H and O–H groups in total. The summed E-state index contributed by atoms with van der Waals surface area (Å²) in [5.41, 5.74) is 3.05. The standard InChI is InChI=1S/C24H27ClN6S.C2H7N/c1-2-21-18(10-11-23(30-21)31-32-22-16-26-13-12-20(22)25)9-8-17-14-27-24(28-15-17)29-19-6-4-3-5-7-19;1-3-2/h8-16,19H,2-7H2,1H3,(H,30,31)(H,27,28,29);3H,1-2H3/b9-8+;. The topological polar surface area (TPSA) is 87.7 Å². The fourth-order valence-corrected chi connectivity index (χ4v) is 4.49. The van der Waals surface area contributed by atoms with Gasteiger partial charge in [0.25, 0.3) is 0 Å². The monoisotopic (exact) mass is 511 g/mol. The molecule has 0 aliphatic heterocycles. The fourth-order valence-electron chi connectivity index (χ4n) is 3.66. The molecule has 0 atom stereocenters. The number of aromatic nitrogens is 4. The minimum absolute atomic E-state index is 0.503. The quantitative estimate of drug-likeness (QED) is 0.301. The Labute approximate surface area is 217 Å². The van der Waals surface area contributed by atoms with Gasteiger partial charge in [0.2, 0.25) is 5.95 Å². The fraction of sp³-hybridized carbons (Fsp3) is 0.385. The highest BCUT2D eigenvalue weighted by molar-refractivity contribution is 8.00. The lowest BCUT2D eigenvalue weighted by molar-refractivity contribution is 0.461. The smallest absolute Gasteiger partial charge is 0.222 e. The maximum atomic E-state index is 6.19. The number of pyridine rings is 2. The minimum atomic E-state index is 0.503. The third-order valence-corrected chi connectivity index (χ3v) is 6.71. The molecule has 0 spiro atoms. The van der Waals surface area contributed by atoms with Gasteiger partial charge in [0, 0.05) is 42.1 Å². The predicted octanol–water partition coefficient (Wildman–Crippen LogP) is 6.35. The molecule has 0 radical (unpaired) electrons. The van der Waals surface area contributed by atoms with Gasteiger partial charge in [0.1, 0.15) is 5.82 Å². The molecule has 3 heterocycles. The van der Waals surface area contributed by atoms with E-state index in [0.29, 0.717) is 17.0 Å². The molecule has 186 valence electrons. The van der Waals surface area contributed by atoms with Crippen LogP contribution in [-0.4, -0.2) is 40.1 Å². The molecule has 3 aromatic heterocycles. The summed E-state index contributed by atoms with van der Waals surface area (Å²) in [6.45, 7) is 2.10. The van der Waals surface area contributed by atoms with Gasteiger partial charge in [-0.15, -0.1) is 0 Å². The molecule has 0 bridgehead atoms. The van der Waals surface area contributed by atoms with Gasteiger partial charge < -0.3 is 15.4 Å². The van der Waals surface area contributed by atoms with Crippen LogP contribution < -0.4 is 15.4 Å². The normalized spacial score (nSPS) is 13.8. The highest BCUT2D eigenvalue weighted by atomic mass is 35.5. The maximum absolute atomic E-state index is 6.19. The highest BCUT2D eigenvalue weighted by Gasteiger charge is 2.13. The first-order valence-electron chi connectivity index (χ1n) is 12.0. The third kappa shape index (κ3) is 8.80. The summed E-state index contributed by atoms with van der Waals surface area (Å²) in [7, 11) is 3.75. The summed E-state index contributed by atoms with van der Waals surface area (Å²) in [6, 6.07) is 6.30. The van der Waals surface area contributed by atoms with Crippen LogP contribution in [0.4, 0.5) is 11.8 Å². The third-order valence-electron chi connectivity index (χ3n) is 5.41. The number of nitrogens with zero attached hydrogens (tertiary/aromatic N) is 4. The van der Waals surface area contributed by atoms with E-state index in [9.17, 15) is 0 Å². The van der Waals surface area contributed by atoms with Gasteiger partial charge >= 0.3 is 0 Å². The summed E-state index contributed by atoms with van der Waals surface area (Å²) in [6.07, 6.45) is 18.4. The predicted molar refractivity (Wildman–Crippen MR) is 149 cm³/mol. The van der Waals surface area contributed by atoms with E-state index in [0.717, 1.165) is 34.0 Å². The van der Waals surface area contributed by atoms with Gasteiger partial charge in [-0.05, 0) is 69.1 Å². The van der Waals surface area contributed by atoms with E-state index in [1.807, 2.05) is 38.6 Å². The Kier molecular flexibility index (Phi) is 11.3. The largest absolute Gasteiger partial charge is 0.351 e. The zero-order valence-electron chi connectivity index (χ0n) is 20.6. The zero-order chi connectivity index (χ0) is 24.9. The summed E-state index contributed by atoms with van der Waals surface area (Å²) in [5.74, 6) is 1.50. The number of hydrogen-bond donors (Lipinski definition) is 3. The van der Waals surface area contributed by atoms with E-state index in [1.54, 1.807) is 18.5 Å². The molecular weight excluding hydrogens is 478 g/mol. The first kappa shape index (κ1) is 26.9. The van der Waals surface area contributed by atoms with Crippen LogP contribution in [0.3, 0.4) is 0 Å². The van der Waals surface area contributed by atoms with Gasteiger partial charge in [-0.3, -0.25) is 4.98 Å². The summed E-state index contributed by atoms with van der Waals surface area (Å²) < 4.78 is 3.25. The summed E-state index contributed by atoms with van der Waals surface area (Å²) in [5, 5.41) is 6.87. The molecule has 7 nitrogen and oxygen atoms in total. The van der Waals surface area contributed by atoms with Crippen LogP contribution in [0, 0.1) is 0 Å². The lowest BCUT2D eigenvalue weighted by Crippen LogP contribution is -2.23. The summed E-state index contributed by atoms with van der Waals surface area (Å²) >= 11 is 7.59. The van der Waals surface area contributed by atoms with Crippen molar-refractivity contribution in [1.82, 2.24) is 25.3 Å². The average molecular weight is 512 g/mol. The molecule has 0 saturated heterocycles. The summed E-state index contributed by atoms with van der Waals surface area (Å²) in [4.78, 5) is 18.7. The molecule has 0 unspecified atom stereocenters. The molecule has 0 amide bonds. The molecular formula is C26H34ClN7S. The number of aryl methyl sites for hydroxylation is 1. The lowest BCUT2D eigenvalue weighted by Gasteiger charge is -2.22. The molecule has 9 heteroatoms. The molecule has 3 aromatic rings. The van der Waals surface area contributed by atoms with Crippen molar-refractivity contribution >= 4 is 47.5 Å². The minimum Gasteiger partial charge on any atom is -0.351 e. The number of hydrogen-bond acceptors (Lipinski definition) is 8. The van der Waals surface area contributed by atoms with Crippen molar-refractivity contribution in [3.05, 3.63) is 64.8 Å². The molecule has 0 aromatic carbocycles. The number of halogens is 1. The van der Waals surface area contributed by atoms with Crippen LogP contribution in [-0.2, 0) is 6.42 Å². The maximum Gasteiger partial charge on any atom is 0.222 e. The van der Waals surface area contributed by atoms with Crippen LogP contribution in [0.2, 0.25) is 5.02 Å². The number of nitrogens with one attached hydrogen (secondary N) is 3. The number of anilines is 2. The van der Waals surface area contributed by atoms with E-state index in [2.05, 4.69) is 49.4 Å². The molecule has 1 saturated carbocycles. The zero-order valence-corrected chi connectivity index (χ0v) is 22.2. The lowest BCUT2D eigenvalue weighted by atomic mass is 9.96. The van der Waals surface area contributed by atoms with E-state index in [1.165, 1.54) is 44.1 Å². The van der Waals surface area contributed by atoms with Crippen LogP contribution in [0.25, 0.3) is 12.2 Å². The Morgan fingerprint density at radius 3 is 2.46 bits per heavy atom. The van der Waals surface area contributed by atoms with Crippen LogP contribution in [0.15, 0.2) is 47.9 Å². The van der Waals surface area contributed by atoms with E-state index >= 15 is 0 Å². The second-order valence-corrected chi connectivity index (χ2v) is 9.50. The Hall–Kier alpha value is -2.68. The van der Waals surface area contributed by atoms with Gasteiger partial charge in [0.05, 0.1) is 9.92 Å². The van der Waals surface area contributed by atoms with Crippen molar-refractivity contribution in [3.63, 3.8) is 0 Å². The van der Waals surface area contributed by atoms with E-state index < -0.39 is 0 Å². The number of rotatable bonds is 8. The average Bonchev–Trinajstić information content (AvgIpc) is 2.89. The SMILES string of the molecule is CCc1nc(NSc2cnccc2Cl)ccc1/C=C/c1cnc(NC2CCCCC2)nc1.CNC. The van der Waals surface area contributed by atoms with Crippen molar-refractivity contribution in [3.8, 4) is 0 Å². The molecule has 1 aliphatic rings. The molecule has 35 heavy (non-hydrogen) atoms. The Bertz CT molecular complexity index is 1070. The second-order valence-electron chi connectivity index (χ2n) is 8.25. The molecule has 4 rings (SSSR count). The van der Waals surface area contributed by atoms with Crippen molar-refractivity contribution in [2.45, 2.75) is 56.4 Å². The first-order chi connectivity index (χ1) is 17.1. The van der Waals surface area contributed by atoms with Gasteiger partial charge in [-0.1, -0.05) is 49.9 Å². The van der Waals surface area contributed by atoms with Gasteiger partial charge in [0.15, 0.2) is 0 Å². The first-order valence-corrected chi connectivity index (χ1v) is 13.2. The van der Waals surface area contributed by atoms with Gasteiger partial charge in [-0.25, -0.2) is 15.0 Å². The van der Waals surface area contributed by atoms with Crippen LogP contribution in [0.5, 0.6) is 0 Å².